The molecule has 0 saturated carbocycles. The van der Waals surface area contributed by atoms with Crippen LogP contribution in [0.1, 0.15) is 18.9 Å². The molecule has 0 aromatic heterocycles. The van der Waals surface area contributed by atoms with Gasteiger partial charge in [0.05, 0.1) is 13.1 Å². The maximum atomic E-state index is 12.4. The second-order valence-electron chi connectivity index (χ2n) is 5.81. The van der Waals surface area contributed by atoms with Gasteiger partial charge in [-0.3, -0.25) is 4.90 Å². The summed E-state index contributed by atoms with van der Waals surface area (Å²) in [7, 11) is 1.41. The van der Waals surface area contributed by atoms with E-state index in [0.29, 0.717) is 31.0 Å². The van der Waals surface area contributed by atoms with Crippen LogP contribution in [0.5, 0.6) is 5.75 Å². The Morgan fingerprint density at radius 2 is 1.89 bits per heavy atom. The molecule has 0 aliphatic heterocycles. The van der Waals surface area contributed by atoms with E-state index in [4.69, 9.17) is 0 Å². The van der Waals surface area contributed by atoms with E-state index in [1.807, 2.05) is 6.92 Å². The summed E-state index contributed by atoms with van der Waals surface area (Å²) in [5, 5.41) is 6.01. The summed E-state index contributed by atoms with van der Waals surface area (Å²) in [4.78, 5) is 5.50. The minimum Gasteiger partial charge on any atom is -0.434 e. The summed E-state index contributed by atoms with van der Waals surface area (Å²) in [5.41, 5.74) is 0.500. The van der Waals surface area contributed by atoms with Crippen LogP contribution in [0.2, 0.25) is 0 Å². The fourth-order valence-corrected chi connectivity index (χ4v) is 2.29. The quantitative estimate of drug-likeness (QED) is 0.161. The fraction of sp³-hybridized carbons (Fsp3) is 0.588. The van der Waals surface area contributed by atoms with Crippen molar-refractivity contribution in [2.24, 2.45) is 4.99 Å². The molecule has 0 aliphatic carbocycles. The lowest BCUT2D eigenvalue weighted by molar-refractivity contribution is -0.143. The molecule has 2 N–H and O–H groups in total. The monoisotopic (exact) mass is 524 g/mol. The van der Waals surface area contributed by atoms with Crippen molar-refractivity contribution in [2.75, 3.05) is 33.2 Å². The van der Waals surface area contributed by atoms with E-state index in [2.05, 4.69) is 20.4 Å². The molecule has 0 fully saturated rings. The molecule has 0 unspecified atom stereocenters. The first-order chi connectivity index (χ1) is 12.7. The molecule has 0 bridgehead atoms. The van der Waals surface area contributed by atoms with Gasteiger partial charge in [0.25, 0.3) is 0 Å². The predicted molar refractivity (Wildman–Crippen MR) is 109 cm³/mol. The molecule has 28 heavy (non-hydrogen) atoms. The lowest BCUT2D eigenvalue weighted by Crippen LogP contribution is -2.39. The average molecular weight is 524 g/mol. The number of halogens is 6. The maximum absolute atomic E-state index is 12.4. The third kappa shape index (κ3) is 12.2. The number of aliphatic imine (C=N–C) groups is 1. The summed E-state index contributed by atoms with van der Waals surface area (Å²) in [6.45, 7) is -0.624. The second-order valence-corrected chi connectivity index (χ2v) is 5.81. The van der Waals surface area contributed by atoms with Crippen LogP contribution >= 0.6 is 24.0 Å². The molecular weight excluding hydrogens is 498 g/mol. The molecule has 1 aromatic carbocycles. The zero-order chi connectivity index (χ0) is 20.3. The Bertz CT molecular complexity index is 587. The van der Waals surface area contributed by atoms with Crippen LogP contribution in [0, 0.1) is 0 Å². The normalized spacial score (nSPS) is 12.1. The molecule has 0 heterocycles. The van der Waals surface area contributed by atoms with E-state index in [1.165, 1.54) is 18.0 Å². The van der Waals surface area contributed by atoms with Gasteiger partial charge in [0.2, 0.25) is 0 Å². The number of ether oxygens (including phenoxy) is 1. The number of para-hydroxylation sites is 1. The van der Waals surface area contributed by atoms with Gasteiger partial charge in [0, 0.05) is 18.7 Å². The van der Waals surface area contributed by atoms with Gasteiger partial charge >= 0.3 is 12.8 Å². The van der Waals surface area contributed by atoms with Crippen LogP contribution in [0.4, 0.5) is 22.0 Å². The predicted octanol–water partition coefficient (Wildman–Crippen LogP) is 3.85. The Balaban J connectivity index is 0.00000729. The molecule has 5 nitrogen and oxygen atoms in total. The van der Waals surface area contributed by atoms with Crippen molar-refractivity contribution < 1.29 is 26.7 Å². The summed E-state index contributed by atoms with van der Waals surface area (Å²) in [6, 6.07) is 6.36. The summed E-state index contributed by atoms with van der Waals surface area (Å²) >= 11 is 0. The molecule has 1 rings (SSSR count). The van der Waals surface area contributed by atoms with Crippen molar-refractivity contribution in [3.05, 3.63) is 29.8 Å². The van der Waals surface area contributed by atoms with Gasteiger partial charge in [-0.15, -0.1) is 24.0 Å². The van der Waals surface area contributed by atoms with E-state index in [0.717, 1.165) is 0 Å². The van der Waals surface area contributed by atoms with Gasteiger partial charge in [-0.05, 0) is 33.0 Å². The summed E-state index contributed by atoms with van der Waals surface area (Å²) < 4.78 is 66.2. The van der Waals surface area contributed by atoms with Crippen molar-refractivity contribution in [1.82, 2.24) is 15.5 Å². The number of alkyl halides is 5. The van der Waals surface area contributed by atoms with Gasteiger partial charge in [0.15, 0.2) is 5.96 Å². The smallest absolute Gasteiger partial charge is 0.401 e. The van der Waals surface area contributed by atoms with E-state index >= 15 is 0 Å². The first-order valence-electron chi connectivity index (χ1n) is 8.51. The highest BCUT2D eigenvalue weighted by molar-refractivity contribution is 14.0. The van der Waals surface area contributed by atoms with Gasteiger partial charge in [0.1, 0.15) is 5.75 Å². The Hall–Kier alpha value is -1.37. The van der Waals surface area contributed by atoms with Crippen LogP contribution < -0.4 is 15.4 Å². The highest BCUT2D eigenvalue weighted by Crippen LogP contribution is 2.21. The molecule has 162 valence electrons. The Labute approximate surface area is 178 Å². The molecule has 1 aromatic rings. The minimum absolute atomic E-state index is 0. The van der Waals surface area contributed by atoms with Gasteiger partial charge in [-0.25, -0.2) is 4.99 Å². The van der Waals surface area contributed by atoms with E-state index in [-0.39, 0.29) is 42.8 Å². The number of hydrogen-bond donors (Lipinski definition) is 2. The molecule has 11 heteroatoms. The second kappa shape index (κ2) is 13.7. The zero-order valence-corrected chi connectivity index (χ0v) is 18.1. The molecule has 0 radical (unpaired) electrons. The van der Waals surface area contributed by atoms with Crippen molar-refractivity contribution in [1.29, 1.82) is 0 Å². The Kier molecular flexibility index (Phi) is 13.1. The van der Waals surface area contributed by atoms with Crippen molar-refractivity contribution in [2.45, 2.75) is 32.7 Å². The van der Waals surface area contributed by atoms with E-state index in [9.17, 15) is 22.0 Å². The Morgan fingerprint density at radius 3 is 2.50 bits per heavy atom. The van der Waals surface area contributed by atoms with Crippen LogP contribution in [0.25, 0.3) is 0 Å². The van der Waals surface area contributed by atoms with Crippen LogP contribution in [-0.2, 0) is 6.54 Å². The topological polar surface area (TPSA) is 48.9 Å². The number of rotatable bonds is 10. The van der Waals surface area contributed by atoms with Crippen molar-refractivity contribution in [3.63, 3.8) is 0 Å². The minimum atomic E-state index is -4.22. The SMILES string of the molecule is CCNC(=NCc1ccccc1OC(F)F)NCCCN(C)CC(F)(F)F.I. The lowest BCUT2D eigenvalue weighted by Gasteiger charge is -2.19. The summed E-state index contributed by atoms with van der Waals surface area (Å²) in [5.74, 6) is 0.503. The van der Waals surface area contributed by atoms with Crippen LogP contribution in [-0.4, -0.2) is 56.9 Å². The molecule has 0 aliphatic rings. The first-order valence-corrected chi connectivity index (χ1v) is 8.51. The van der Waals surface area contributed by atoms with Gasteiger partial charge in [-0.2, -0.15) is 22.0 Å². The number of nitrogens with zero attached hydrogens (tertiary/aromatic N) is 2. The van der Waals surface area contributed by atoms with E-state index in [1.54, 1.807) is 18.2 Å². The van der Waals surface area contributed by atoms with E-state index < -0.39 is 19.3 Å². The molecular formula is C17H26F5IN4O. The number of guanidine groups is 1. The zero-order valence-electron chi connectivity index (χ0n) is 15.7. The first kappa shape index (κ1) is 26.6. The largest absolute Gasteiger partial charge is 0.434 e. The number of benzene rings is 1. The average Bonchev–Trinajstić information content (AvgIpc) is 2.55. The van der Waals surface area contributed by atoms with Gasteiger partial charge in [-0.1, -0.05) is 18.2 Å². The molecule has 0 amide bonds. The molecule has 0 atom stereocenters. The van der Waals surface area contributed by atoms with Crippen LogP contribution in [0.3, 0.4) is 0 Å². The van der Waals surface area contributed by atoms with Gasteiger partial charge < -0.3 is 15.4 Å². The highest BCUT2D eigenvalue weighted by Gasteiger charge is 2.28. The van der Waals surface area contributed by atoms with Crippen LogP contribution in [0.15, 0.2) is 29.3 Å². The maximum Gasteiger partial charge on any atom is 0.401 e. The Morgan fingerprint density at radius 1 is 1.21 bits per heavy atom. The van der Waals surface area contributed by atoms with Crippen molar-refractivity contribution >= 4 is 29.9 Å². The summed E-state index contributed by atoms with van der Waals surface area (Å²) in [6.07, 6.45) is -3.73. The molecule has 0 spiro atoms. The highest BCUT2D eigenvalue weighted by atomic mass is 127. The third-order valence-corrected chi connectivity index (χ3v) is 3.40. The van der Waals surface area contributed by atoms with Crippen molar-refractivity contribution in [3.8, 4) is 5.75 Å². The number of nitrogens with one attached hydrogen (secondary N) is 2. The fourth-order valence-electron chi connectivity index (χ4n) is 2.29. The standard InChI is InChI=1S/C17H25F5N4O.HI/c1-3-23-16(24-9-6-10-26(2)12-17(20,21)22)25-11-13-7-4-5-8-14(13)27-15(18)19;/h4-5,7-8,15H,3,6,9-12H2,1-2H3,(H2,23,24,25);1H. The third-order valence-electron chi connectivity index (χ3n) is 3.40. The number of hydrogen-bond acceptors (Lipinski definition) is 3. The lowest BCUT2D eigenvalue weighted by atomic mass is 10.2. The molecule has 0 saturated heterocycles.